The Morgan fingerprint density at radius 1 is 1.33 bits per heavy atom. The highest BCUT2D eigenvalue weighted by Crippen LogP contribution is 2.34. The number of hydrogen-bond acceptors (Lipinski definition) is 5. The fraction of sp³-hybridized carbons (Fsp3) is 0.889. The largest absolute Gasteiger partial charge is 0.326 e. The van der Waals surface area contributed by atoms with Gasteiger partial charge in [-0.05, 0) is 29.7 Å². The maximum absolute atomic E-state index is 5.86. The van der Waals surface area contributed by atoms with Gasteiger partial charge in [-0.3, -0.25) is 4.90 Å². The second-order valence-corrected chi connectivity index (χ2v) is 4.55. The molecule has 0 aromatic carbocycles. The van der Waals surface area contributed by atoms with E-state index >= 15 is 0 Å². The first-order valence-electron chi connectivity index (χ1n) is 5.57. The lowest BCUT2D eigenvalue weighted by Gasteiger charge is -2.13. The second kappa shape index (κ2) is 3.53. The summed E-state index contributed by atoms with van der Waals surface area (Å²) in [4.78, 5) is 2.33. The molecule has 1 saturated carbocycles. The molecule has 6 heteroatoms. The molecule has 0 bridgehead atoms. The number of likely N-dealkylation sites (tertiary alicyclic amines) is 1. The van der Waals surface area contributed by atoms with Crippen molar-refractivity contribution in [3.05, 3.63) is 5.82 Å². The van der Waals surface area contributed by atoms with E-state index in [1.807, 2.05) is 4.68 Å². The third kappa shape index (κ3) is 1.87. The minimum Gasteiger partial charge on any atom is -0.326 e. The van der Waals surface area contributed by atoms with Gasteiger partial charge in [0.2, 0.25) is 0 Å². The van der Waals surface area contributed by atoms with Gasteiger partial charge in [-0.15, -0.1) is 5.10 Å². The Hall–Kier alpha value is -1.01. The van der Waals surface area contributed by atoms with Gasteiger partial charge in [-0.2, -0.15) is 0 Å². The van der Waals surface area contributed by atoms with E-state index in [1.54, 1.807) is 0 Å². The number of tetrazole rings is 1. The van der Waals surface area contributed by atoms with Crippen molar-refractivity contribution in [2.75, 3.05) is 13.1 Å². The summed E-state index contributed by atoms with van der Waals surface area (Å²) >= 11 is 0. The van der Waals surface area contributed by atoms with E-state index < -0.39 is 0 Å². The van der Waals surface area contributed by atoms with Crippen molar-refractivity contribution in [2.24, 2.45) is 5.73 Å². The normalized spacial score (nSPS) is 27.4. The zero-order valence-electron chi connectivity index (χ0n) is 8.71. The van der Waals surface area contributed by atoms with Crippen LogP contribution in [0.2, 0.25) is 0 Å². The quantitative estimate of drug-likeness (QED) is 0.727. The van der Waals surface area contributed by atoms with Crippen LogP contribution in [0.25, 0.3) is 0 Å². The van der Waals surface area contributed by atoms with E-state index in [2.05, 4.69) is 20.4 Å². The molecule has 2 aliphatic rings. The molecular weight excluding hydrogens is 192 g/mol. The third-order valence-corrected chi connectivity index (χ3v) is 3.13. The number of nitrogens with zero attached hydrogens (tertiary/aromatic N) is 5. The summed E-state index contributed by atoms with van der Waals surface area (Å²) in [6.45, 7) is 2.88. The summed E-state index contributed by atoms with van der Waals surface area (Å²) in [5.41, 5.74) is 5.86. The first-order valence-corrected chi connectivity index (χ1v) is 5.57. The smallest absolute Gasteiger partial charge is 0.165 e. The van der Waals surface area contributed by atoms with Crippen LogP contribution in [0.15, 0.2) is 0 Å². The Kier molecular flexibility index (Phi) is 2.17. The molecule has 2 heterocycles. The lowest BCUT2D eigenvalue weighted by atomic mass is 10.3. The van der Waals surface area contributed by atoms with Gasteiger partial charge in [-0.25, -0.2) is 4.68 Å². The minimum atomic E-state index is 0.329. The van der Waals surface area contributed by atoms with Crippen LogP contribution in [0.3, 0.4) is 0 Å². The average Bonchev–Trinajstić information content (AvgIpc) is 2.83. The fourth-order valence-corrected chi connectivity index (χ4v) is 2.13. The second-order valence-electron chi connectivity index (χ2n) is 4.55. The molecule has 0 amide bonds. The van der Waals surface area contributed by atoms with Gasteiger partial charge in [0, 0.05) is 19.1 Å². The van der Waals surface area contributed by atoms with E-state index in [0.717, 1.165) is 31.9 Å². The number of hydrogen-bond donors (Lipinski definition) is 1. The molecule has 1 aromatic heterocycles. The summed E-state index contributed by atoms with van der Waals surface area (Å²) in [6, 6.07) is 0.890. The Morgan fingerprint density at radius 3 is 2.87 bits per heavy atom. The van der Waals surface area contributed by atoms with Crippen molar-refractivity contribution >= 4 is 0 Å². The van der Waals surface area contributed by atoms with Gasteiger partial charge in [0.1, 0.15) is 0 Å². The van der Waals surface area contributed by atoms with Crippen molar-refractivity contribution in [3.8, 4) is 0 Å². The van der Waals surface area contributed by atoms with Gasteiger partial charge in [-0.1, -0.05) is 0 Å². The first kappa shape index (κ1) is 9.23. The maximum atomic E-state index is 5.86. The van der Waals surface area contributed by atoms with Gasteiger partial charge >= 0.3 is 0 Å². The van der Waals surface area contributed by atoms with E-state index in [1.165, 1.54) is 12.8 Å². The standard InChI is InChI=1S/C9H16N6/c10-7-3-4-14(5-7)6-9-11-12-13-15(9)8-1-2-8/h7-8H,1-6,10H2. The van der Waals surface area contributed by atoms with Crippen LogP contribution in [-0.2, 0) is 6.54 Å². The highest BCUT2D eigenvalue weighted by atomic mass is 15.6. The van der Waals surface area contributed by atoms with Crippen LogP contribution in [0.5, 0.6) is 0 Å². The van der Waals surface area contributed by atoms with Gasteiger partial charge < -0.3 is 5.73 Å². The van der Waals surface area contributed by atoms with Crippen molar-refractivity contribution in [2.45, 2.75) is 37.9 Å². The molecule has 1 aliphatic carbocycles. The van der Waals surface area contributed by atoms with Crippen molar-refractivity contribution in [1.82, 2.24) is 25.1 Å². The Morgan fingerprint density at radius 2 is 2.20 bits per heavy atom. The van der Waals surface area contributed by atoms with E-state index in [0.29, 0.717) is 12.1 Å². The molecule has 1 aromatic rings. The molecule has 15 heavy (non-hydrogen) atoms. The highest BCUT2D eigenvalue weighted by molar-refractivity contribution is 4.92. The van der Waals surface area contributed by atoms with E-state index in [4.69, 9.17) is 5.73 Å². The molecule has 0 spiro atoms. The Bertz CT molecular complexity index is 344. The number of nitrogens with two attached hydrogens (primary N) is 1. The van der Waals surface area contributed by atoms with Gasteiger partial charge in [0.15, 0.2) is 5.82 Å². The van der Waals surface area contributed by atoms with Crippen LogP contribution in [0.1, 0.15) is 31.1 Å². The van der Waals surface area contributed by atoms with Crippen LogP contribution in [0, 0.1) is 0 Å². The lowest BCUT2D eigenvalue weighted by Crippen LogP contribution is -2.27. The van der Waals surface area contributed by atoms with Crippen LogP contribution >= 0.6 is 0 Å². The Balaban J connectivity index is 1.68. The molecule has 2 N–H and O–H groups in total. The van der Waals surface area contributed by atoms with Crippen molar-refractivity contribution in [1.29, 1.82) is 0 Å². The predicted octanol–water partition coefficient (Wildman–Crippen LogP) is -0.459. The SMILES string of the molecule is NC1CCN(Cc2nnnn2C2CC2)C1. The minimum absolute atomic E-state index is 0.329. The van der Waals surface area contributed by atoms with Crippen molar-refractivity contribution in [3.63, 3.8) is 0 Å². The molecule has 1 unspecified atom stereocenters. The summed E-state index contributed by atoms with van der Waals surface area (Å²) in [5, 5.41) is 11.9. The monoisotopic (exact) mass is 208 g/mol. The maximum Gasteiger partial charge on any atom is 0.165 e. The molecule has 1 saturated heterocycles. The van der Waals surface area contributed by atoms with E-state index in [-0.39, 0.29) is 0 Å². The van der Waals surface area contributed by atoms with Crippen LogP contribution < -0.4 is 5.73 Å². The first-order chi connectivity index (χ1) is 7.33. The topological polar surface area (TPSA) is 72.9 Å². The molecule has 6 nitrogen and oxygen atoms in total. The third-order valence-electron chi connectivity index (χ3n) is 3.13. The zero-order chi connectivity index (χ0) is 10.3. The molecule has 1 aliphatic heterocycles. The van der Waals surface area contributed by atoms with Gasteiger partial charge in [0.05, 0.1) is 12.6 Å². The van der Waals surface area contributed by atoms with Gasteiger partial charge in [0.25, 0.3) is 0 Å². The molecule has 1 atom stereocenters. The van der Waals surface area contributed by atoms with E-state index in [9.17, 15) is 0 Å². The lowest BCUT2D eigenvalue weighted by molar-refractivity contribution is 0.309. The summed E-state index contributed by atoms with van der Waals surface area (Å²) in [7, 11) is 0. The number of rotatable bonds is 3. The highest BCUT2D eigenvalue weighted by Gasteiger charge is 2.29. The molecule has 2 fully saturated rings. The summed E-state index contributed by atoms with van der Waals surface area (Å²) in [6.07, 6.45) is 3.53. The average molecular weight is 208 g/mol. The summed E-state index contributed by atoms with van der Waals surface area (Å²) in [5.74, 6) is 0.992. The molecular formula is C9H16N6. The number of aromatic nitrogens is 4. The zero-order valence-corrected chi connectivity index (χ0v) is 8.71. The van der Waals surface area contributed by atoms with Crippen LogP contribution in [-0.4, -0.2) is 44.2 Å². The molecule has 3 rings (SSSR count). The molecule has 82 valence electrons. The van der Waals surface area contributed by atoms with Crippen LogP contribution in [0.4, 0.5) is 0 Å². The van der Waals surface area contributed by atoms with Crippen molar-refractivity contribution < 1.29 is 0 Å². The predicted molar refractivity (Wildman–Crippen MR) is 54.0 cm³/mol. The Labute approximate surface area is 88.4 Å². The fourth-order valence-electron chi connectivity index (χ4n) is 2.13. The molecule has 0 radical (unpaired) electrons. The summed E-state index contributed by atoms with van der Waals surface area (Å²) < 4.78 is 1.98.